The topological polar surface area (TPSA) is 15.3 Å². The highest BCUT2D eigenvalue weighted by Crippen LogP contribution is 2.42. The summed E-state index contributed by atoms with van der Waals surface area (Å²) in [6, 6.07) is 5.84. The molecule has 1 aromatic carbocycles. The van der Waals surface area contributed by atoms with Gasteiger partial charge in [0.1, 0.15) is 5.82 Å². The van der Waals surface area contributed by atoms with Crippen molar-refractivity contribution in [1.29, 1.82) is 0 Å². The molecule has 0 spiro atoms. The molecule has 1 atom stereocenters. The quantitative estimate of drug-likeness (QED) is 0.904. The average Bonchev–Trinajstić information content (AvgIpc) is 2.44. The van der Waals surface area contributed by atoms with E-state index in [9.17, 15) is 4.39 Å². The minimum Gasteiger partial charge on any atom is -0.311 e. The number of nitrogens with one attached hydrogen (secondary N) is 1. The molecule has 112 valence electrons. The smallest absolute Gasteiger partial charge is 0.126 e. The first-order valence-corrected chi connectivity index (χ1v) is 7.62. The van der Waals surface area contributed by atoms with Crippen LogP contribution in [-0.2, 0) is 0 Å². The monoisotopic (exact) mass is 278 g/mol. The molecular formula is C17H27FN2. The largest absolute Gasteiger partial charge is 0.311 e. The van der Waals surface area contributed by atoms with Crippen molar-refractivity contribution in [3.05, 3.63) is 35.1 Å². The fraction of sp³-hybridized carbons (Fsp3) is 0.647. The Morgan fingerprint density at radius 2 is 1.85 bits per heavy atom. The predicted molar refractivity (Wildman–Crippen MR) is 82.4 cm³/mol. The third-order valence-corrected chi connectivity index (χ3v) is 4.97. The zero-order valence-corrected chi connectivity index (χ0v) is 13.2. The lowest BCUT2D eigenvalue weighted by Gasteiger charge is -2.48. The van der Waals surface area contributed by atoms with Gasteiger partial charge in [0.05, 0.1) is 6.04 Å². The number of nitrogens with zero attached hydrogens (tertiary/aromatic N) is 1. The van der Waals surface area contributed by atoms with E-state index in [0.717, 1.165) is 5.56 Å². The molecule has 0 aliphatic heterocycles. The molecule has 2 rings (SSSR count). The van der Waals surface area contributed by atoms with Crippen molar-refractivity contribution >= 4 is 0 Å². The SMILES string of the molecule is CNC(c1ccc(C)c(F)c1)C1(N(C)C)CCCCC1. The molecular weight excluding hydrogens is 251 g/mol. The van der Waals surface area contributed by atoms with Crippen molar-refractivity contribution in [2.45, 2.75) is 50.6 Å². The Balaban J connectivity index is 2.39. The van der Waals surface area contributed by atoms with Gasteiger partial charge < -0.3 is 10.2 Å². The first-order valence-electron chi connectivity index (χ1n) is 7.62. The number of likely N-dealkylation sites (N-methyl/N-ethyl adjacent to an activating group) is 2. The molecule has 2 nitrogen and oxygen atoms in total. The van der Waals surface area contributed by atoms with Crippen LogP contribution in [0.25, 0.3) is 0 Å². The van der Waals surface area contributed by atoms with E-state index in [1.807, 2.05) is 20.0 Å². The fourth-order valence-corrected chi connectivity index (χ4v) is 3.69. The van der Waals surface area contributed by atoms with Crippen LogP contribution in [0.5, 0.6) is 0 Å². The fourth-order valence-electron chi connectivity index (χ4n) is 3.69. The van der Waals surface area contributed by atoms with Crippen molar-refractivity contribution in [2.75, 3.05) is 21.1 Å². The average molecular weight is 278 g/mol. The summed E-state index contributed by atoms with van der Waals surface area (Å²) in [5.41, 5.74) is 1.87. The van der Waals surface area contributed by atoms with Gasteiger partial charge in [-0.05, 0) is 58.1 Å². The maximum absolute atomic E-state index is 13.9. The summed E-state index contributed by atoms with van der Waals surface area (Å²) in [6.07, 6.45) is 6.16. The molecule has 0 aromatic heterocycles. The summed E-state index contributed by atoms with van der Waals surface area (Å²) in [4.78, 5) is 2.34. The van der Waals surface area contributed by atoms with Gasteiger partial charge in [0.15, 0.2) is 0 Å². The maximum Gasteiger partial charge on any atom is 0.126 e. The molecule has 0 amide bonds. The zero-order chi connectivity index (χ0) is 14.8. The van der Waals surface area contributed by atoms with E-state index in [0.29, 0.717) is 5.56 Å². The third kappa shape index (κ3) is 2.75. The normalized spacial score (nSPS) is 20.1. The van der Waals surface area contributed by atoms with Crippen LogP contribution in [0, 0.1) is 12.7 Å². The van der Waals surface area contributed by atoms with E-state index in [-0.39, 0.29) is 17.4 Å². The summed E-state index contributed by atoms with van der Waals surface area (Å²) in [5, 5.41) is 3.45. The summed E-state index contributed by atoms with van der Waals surface area (Å²) in [7, 11) is 6.29. The van der Waals surface area contributed by atoms with Crippen molar-refractivity contribution in [3.8, 4) is 0 Å². The first kappa shape index (κ1) is 15.5. The first-order chi connectivity index (χ1) is 9.51. The number of hydrogen-bond acceptors (Lipinski definition) is 2. The Morgan fingerprint density at radius 1 is 1.20 bits per heavy atom. The van der Waals surface area contributed by atoms with E-state index in [4.69, 9.17) is 0 Å². The molecule has 0 heterocycles. The molecule has 1 fully saturated rings. The summed E-state index contributed by atoms with van der Waals surface area (Å²) < 4.78 is 13.9. The number of benzene rings is 1. The van der Waals surface area contributed by atoms with Crippen LogP contribution >= 0.6 is 0 Å². The molecule has 3 heteroatoms. The zero-order valence-electron chi connectivity index (χ0n) is 13.2. The van der Waals surface area contributed by atoms with Crippen LogP contribution in [0.4, 0.5) is 4.39 Å². The maximum atomic E-state index is 13.9. The van der Waals surface area contributed by atoms with Crippen molar-refractivity contribution < 1.29 is 4.39 Å². The Morgan fingerprint density at radius 3 is 2.35 bits per heavy atom. The molecule has 20 heavy (non-hydrogen) atoms. The van der Waals surface area contributed by atoms with Gasteiger partial charge >= 0.3 is 0 Å². The second-order valence-electron chi connectivity index (χ2n) is 6.29. The van der Waals surface area contributed by atoms with Gasteiger partial charge in [-0.1, -0.05) is 31.4 Å². The lowest BCUT2D eigenvalue weighted by molar-refractivity contribution is 0.0593. The van der Waals surface area contributed by atoms with E-state index in [1.54, 1.807) is 6.07 Å². The minimum atomic E-state index is -0.104. The molecule has 1 aliphatic rings. The lowest BCUT2D eigenvalue weighted by atomic mass is 9.73. The van der Waals surface area contributed by atoms with Crippen LogP contribution in [0.2, 0.25) is 0 Å². The van der Waals surface area contributed by atoms with E-state index in [1.165, 1.54) is 32.1 Å². The second-order valence-corrected chi connectivity index (χ2v) is 6.29. The van der Waals surface area contributed by atoms with Crippen molar-refractivity contribution in [3.63, 3.8) is 0 Å². The standard InChI is InChI=1S/C17H27FN2/c1-13-8-9-14(12-15(13)18)16(19-2)17(20(3)4)10-6-5-7-11-17/h8-9,12,16,19H,5-7,10-11H2,1-4H3. The highest BCUT2D eigenvalue weighted by molar-refractivity contribution is 5.29. The van der Waals surface area contributed by atoms with Gasteiger partial charge in [0.25, 0.3) is 0 Å². The molecule has 1 aliphatic carbocycles. The van der Waals surface area contributed by atoms with Crippen LogP contribution in [0.1, 0.15) is 49.3 Å². The molecule has 1 unspecified atom stereocenters. The number of aryl methyl sites for hydroxylation is 1. The van der Waals surface area contributed by atoms with Gasteiger partial charge in [-0.25, -0.2) is 4.39 Å². The van der Waals surface area contributed by atoms with E-state index in [2.05, 4.69) is 30.4 Å². The molecule has 0 bridgehead atoms. The van der Waals surface area contributed by atoms with Crippen LogP contribution in [0.3, 0.4) is 0 Å². The molecule has 1 saturated carbocycles. The molecule has 0 saturated heterocycles. The molecule has 1 aromatic rings. The Kier molecular flexibility index (Phi) is 4.82. The van der Waals surface area contributed by atoms with Gasteiger partial charge in [-0.15, -0.1) is 0 Å². The Bertz CT molecular complexity index is 450. The summed E-state index contributed by atoms with van der Waals surface area (Å²) in [5.74, 6) is -0.104. The number of hydrogen-bond donors (Lipinski definition) is 1. The summed E-state index contributed by atoms with van der Waals surface area (Å²) >= 11 is 0. The molecule has 0 radical (unpaired) electrons. The Hall–Kier alpha value is -0.930. The van der Waals surface area contributed by atoms with E-state index >= 15 is 0 Å². The third-order valence-electron chi connectivity index (χ3n) is 4.97. The predicted octanol–water partition coefficient (Wildman–Crippen LogP) is 3.66. The van der Waals surface area contributed by atoms with Crippen molar-refractivity contribution in [2.24, 2.45) is 0 Å². The highest BCUT2D eigenvalue weighted by atomic mass is 19.1. The van der Waals surface area contributed by atoms with Crippen LogP contribution in [0.15, 0.2) is 18.2 Å². The lowest BCUT2D eigenvalue weighted by Crippen LogP contribution is -2.54. The highest BCUT2D eigenvalue weighted by Gasteiger charge is 2.41. The van der Waals surface area contributed by atoms with Crippen LogP contribution in [-0.4, -0.2) is 31.6 Å². The Labute approximate surface area is 122 Å². The number of rotatable bonds is 4. The van der Waals surface area contributed by atoms with Crippen LogP contribution < -0.4 is 5.32 Å². The van der Waals surface area contributed by atoms with Gasteiger partial charge in [-0.3, -0.25) is 0 Å². The number of halogens is 1. The van der Waals surface area contributed by atoms with E-state index < -0.39 is 0 Å². The minimum absolute atomic E-state index is 0.0920. The van der Waals surface area contributed by atoms with Gasteiger partial charge in [0, 0.05) is 5.54 Å². The van der Waals surface area contributed by atoms with Gasteiger partial charge in [0.2, 0.25) is 0 Å². The van der Waals surface area contributed by atoms with Crippen molar-refractivity contribution in [1.82, 2.24) is 10.2 Å². The van der Waals surface area contributed by atoms with Gasteiger partial charge in [-0.2, -0.15) is 0 Å². The second kappa shape index (κ2) is 6.23. The summed E-state index contributed by atoms with van der Waals surface area (Å²) in [6.45, 7) is 1.82. The molecule has 1 N–H and O–H groups in total.